The van der Waals surface area contributed by atoms with Crippen molar-refractivity contribution in [2.45, 2.75) is 53.6 Å². The van der Waals surface area contributed by atoms with Crippen LogP contribution in [-0.2, 0) is 19.2 Å². The summed E-state index contributed by atoms with van der Waals surface area (Å²) >= 11 is 13.0. The van der Waals surface area contributed by atoms with Crippen LogP contribution in [-0.4, -0.2) is 35.5 Å². The molecule has 2 atom stereocenters. The van der Waals surface area contributed by atoms with Gasteiger partial charge in [-0.15, -0.1) is 0 Å². The number of hydrogen-bond donors (Lipinski definition) is 2. The molecule has 12 heteroatoms. The fourth-order valence-corrected chi connectivity index (χ4v) is 5.16. The first-order valence-electron chi connectivity index (χ1n) is 14.9. The molecule has 4 aromatic rings. The van der Waals surface area contributed by atoms with Crippen LogP contribution < -0.4 is 10.6 Å². The van der Waals surface area contributed by atoms with Crippen LogP contribution in [0.15, 0.2) is 93.3 Å². The first-order valence-corrected chi connectivity index (χ1v) is 15.7. The summed E-state index contributed by atoms with van der Waals surface area (Å²) < 4.78 is 0. The number of carbonyl (C=O) groups is 4. The average molecular weight is 686 g/mol. The lowest BCUT2D eigenvalue weighted by atomic mass is 10.0. The van der Waals surface area contributed by atoms with Crippen LogP contribution in [0, 0.1) is 27.7 Å². The van der Waals surface area contributed by atoms with Gasteiger partial charge in [-0.2, -0.15) is 20.5 Å². The second kappa shape index (κ2) is 15.7. The van der Waals surface area contributed by atoms with Crippen LogP contribution in [0.5, 0.6) is 0 Å². The van der Waals surface area contributed by atoms with Gasteiger partial charge in [-0.25, -0.2) is 0 Å². The number of benzene rings is 4. The van der Waals surface area contributed by atoms with Crippen molar-refractivity contribution in [2.24, 2.45) is 20.5 Å². The van der Waals surface area contributed by atoms with E-state index in [2.05, 4.69) is 31.1 Å². The average Bonchev–Trinajstić information content (AvgIpc) is 3.03. The summed E-state index contributed by atoms with van der Waals surface area (Å²) in [4.78, 5) is 50.3. The number of carbonyl (C=O) groups excluding carboxylic acids is 4. The second-order valence-electron chi connectivity index (χ2n) is 11.3. The largest absolute Gasteiger partial charge is 0.324 e. The van der Waals surface area contributed by atoms with E-state index in [4.69, 9.17) is 23.2 Å². The van der Waals surface area contributed by atoms with Gasteiger partial charge in [0.2, 0.25) is 12.1 Å². The molecule has 0 saturated carbocycles. The topological polar surface area (TPSA) is 142 Å². The van der Waals surface area contributed by atoms with Crippen molar-refractivity contribution in [3.8, 4) is 11.1 Å². The van der Waals surface area contributed by atoms with Gasteiger partial charge in [-0.3, -0.25) is 19.2 Å². The molecule has 2 N–H and O–H groups in total. The minimum Gasteiger partial charge on any atom is -0.324 e. The van der Waals surface area contributed by atoms with Crippen LogP contribution in [0.3, 0.4) is 0 Å². The summed E-state index contributed by atoms with van der Waals surface area (Å²) in [5.74, 6) is -2.15. The molecule has 4 aromatic carbocycles. The van der Waals surface area contributed by atoms with Gasteiger partial charge in [0.05, 0.1) is 15.7 Å². The summed E-state index contributed by atoms with van der Waals surface area (Å²) in [5, 5.41) is 22.0. The van der Waals surface area contributed by atoms with E-state index < -0.39 is 35.5 Å². The molecule has 246 valence electrons. The Morgan fingerprint density at radius 1 is 0.604 bits per heavy atom. The molecular formula is C36H34Cl2N6O4. The summed E-state index contributed by atoms with van der Waals surface area (Å²) in [6.07, 6.45) is 0. The summed E-state index contributed by atoms with van der Waals surface area (Å²) in [6.45, 7) is 10.1. The minimum absolute atomic E-state index is 0.104. The highest BCUT2D eigenvalue weighted by molar-refractivity contribution is 6.39. The van der Waals surface area contributed by atoms with E-state index >= 15 is 0 Å². The van der Waals surface area contributed by atoms with Gasteiger partial charge in [0, 0.05) is 11.4 Å². The van der Waals surface area contributed by atoms with Gasteiger partial charge in [0.1, 0.15) is 5.69 Å². The fraction of sp³-hybridized carbons (Fsp3) is 0.222. The van der Waals surface area contributed by atoms with E-state index in [1.165, 1.54) is 13.8 Å². The maximum absolute atomic E-state index is 12.9. The van der Waals surface area contributed by atoms with Crippen molar-refractivity contribution in [3.63, 3.8) is 0 Å². The van der Waals surface area contributed by atoms with E-state index in [0.29, 0.717) is 22.6 Å². The Morgan fingerprint density at radius 3 is 1.48 bits per heavy atom. The molecule has 2 amide bonds. The molecule has 0 fully saturated rings. The van der Waals surface area contributed by atoms with Gasteiger partial charge in [-0.1, -0.05) is 59.6 Å². The molecule has 0 heterocycles. The summed E-state index contributed by atoms with van der Waals surface area (Å²) in [6, 6.07) is 18.3. The number of anilines is 2. The molecule has 0 spiro atoms. The number of ketones is 2. The molecule has 0 aliphatic heterocycles. The normalized spacial score (nSPS) is 12.6. The number of amides is 2. The Kier molecular flexibility index (Phi) is 11.7. The van der Waals surface area contributed by atoms with Crippen molar-refractivity contribution < 1.29 is 19.2 Å². The number of nitrogens with one attached hydrogen (secondary N) is 2. The highest BCUT2D eigenvalue weighted by atomic mass is 35.5. The van der Waals surface area contributed by atoms with Crippen molar-refractivity contribution in [3.05, 3.63) is 105 Å². The Labute approximate surface area is 288 Å². The zero-order valence-electron chi connectivity index (χ0n) is 27.3. The fourth-order valence-electron chi connectivity index (χ4n) is 4.60. The van der Waals surface area contributed by atoms with E-state index in [-0.39, 0.29) is 15.7 Å². The number of azo groups is 2. The predicted molar refractivity (Wildman–Crippen MR) is 189 cm³/mol. The van der Waals surface area contributed by atoms with Gasteiger partial charge in [0.15, 0.2) is 11.6 Å². The Balaban J connectivity index is 1.48. The SMILES string of the molecule is CC(=O)C(N=Nc1ccc(-c2cc(Cl)c(N=NC(C(C)=O)C(=O)Nc3cccc(C)c3C)c(Cl)c2)cc1)C(=O)Nc1cccc(C)c1C. The number of Topliss-reactive ketones (excluding diaryl/α,β-unsaturated/α-hetero) is 2. The van der Waals surface area contributed by atoms with E-state index in [1.54, 1.807) is 54.6 Å². The molecular weight excluding hydrogens is 651 g/mol. The van der Waals surface area contributed by atoms with Gasteiger partial charge < -0.3 is 10.6 Å². The molecule has 0 bridgehead atoms. The van der Waals surface area contributed by atoms with Crippen molar-refractivity contribution in [2.75, 3.05) is 10.6 Å². The lowest BCUT2D eigenvalue weighted by molar-refractivity contribution is -0.127. The monoisotopic (exact) mass is 684 g/mol. The third kappa shape index (κ3) is 8.64. The van der Waals surface area contributed by atoms with E-state index in [1.807, 2.05) is 45.9 Å². The first kappa shape index (κ1) is 35.8. The maximum atomic E-state index is 12.9. The lowest BCUT2D eigenvalue weighted by Crippen LogP contribution is -2.32. The van der Waals surface area contributed by atoms with Crippen LogP contribution in [0.25, 0.3) is 11.1 Å². The standard InChI is InChI=1S/C36H34Cl2N6O4/c1-19-9-7-11-30(21(19)3)39-35(47)32(23(5)45)42-41-27-15-13-25(14-16-27)26-17-28(37)34(29(38)18-26)44-43-33(24(6)46)36(48)40-31-12-8-10-20(2)22(31)4/h7-18,32-33H,1-6H3,(H,39,47)(H,40,48). The minimum atomic E-state index is -1.40. The maximum Gasteiger partial charge on any atom is 0.258 e. The molecule has 0 aromatic heterocycles. The first-order chi connectivity index (χ1) is 22.8. The molecule has 48 heavy (non-hydrogen) atoms. The molecule has 0 radical (unpaired) electrons. The van der Waals surface area contributed by atoms with Crippen LogP contribution in [0.2, 0.25) is 10.0 Å². The Hall–Kier alpha value is -5.06. The lowest BCUT2D eigenvalue weighted by Gasteiger charge is -2.13. The molecule has 4 rings (SSSR count). The summed E-state index contributed by atoms with van der Waals surface area (Å²) in [7, 11) is 0. The van der Waals surface area contributed by atoms with Crippen LogP contribution >= 0.6 is 23.2 Å². The number of hydrogen-bond acceptors (Lipinski definition) is 8. The third-order valence-electron chi connectivity index (χ3n) is 7.77. The Bertz CT molecular complexity index is 1930. The highest BCUT2D eigenvalue weighted by Gasteiger charge is 2.25. The number of halogens is 2. The molecule has 0 aliphatic carbocycles. The molecule has 0 saturated heterocycles. The quantitative estimate of drug-likeness (QED) is 0.120. The van der Waals surface area contributed by atoms with Gasteiger partial charge in [-0.05, 0) is 111 Å². The van der Waals surface area contributed by atoms with Crippen LogP contribution in [0.1, 0.15) is 36.1 Å². The van der Waals surface area contributed by atoms with Gasteiger partial charge in [0.25, 0.3) is 11.8 Å². The summed E-state index contributed by atoms with van der Waals surface area (Å²) in [5.41, 5.74) is 6.85. The molecule has 10 nitrogen and oxygen atoms in total. The smallest absolute Gasteiger partial charge is 0.258 e. The number of nitrogens with zero attached hydrogens (tertiary/aromatic N) is 4. The third-order valence-corrected chi connectivity index (χ3v) is 8.35. The van der Waals surface area contributed by atoms with Crippen LogP contribution in [0.4, 0.5) is 22.7 Å². The zero-order chi connectivity index (χ0) is 35.1. The van der Waals surface area contributed by atoms with Crippen molar-refractivity contribution in [1.82, 2.24) is 0 Å². The Morgan fingerprint density at radius 2 is 1.04 bits per heavy atom. The van der Waals surface area contributed by atoms with Crippen molar-refractivity contribution >= 4 is 69.3 Å². The predicted octanol–water partition coefficient (Wildman–Crippen LogP) is 9.25. The second-order valence-corrected chi connectivity index (χ2v) is 12.1. The van der Waals surface area contributed by atoms with E-state index in [0.717, 1.165) is 27.8 Å². The number of rotatable bonds is 11. The van der Waals surface area contributed by atoms with Gasteiger partial charge >= 0.3 is 0 Å². The highest BCUT2D eigenvalue weighted by Crippen LogP contribution is 2.38. The molecule has 2 unspecified atom stereocenters. The number of aryl methyl sites for hydroxylation is 2. The van der Waals surface area contributed by atoms with E-state index in [9.17, 15) is 19.2 Å². The molecule has 0 aliphatic rings. The van der Waals surface area contributed by atoms with Crippen molar-refractivity contribution in [1.29, 1.82) is 0 Å². The zero-order valence-corrected chi connectivity index (χ0v) is 28.8.